The predicted octanol–water partition coefficient (Wildman–Crippen LogP) is 10.3. The van der Waals surface area contributed by atoms with E-state index in [4.69, 9.17) is 13.1 Å². The van der Waals surface area contributed by atoms with Crippen molar-refractivity contribution in [2.24, 2.45) is 0 Å². The van der Waals surface area contributed by atoms with Crippen molar-refractivity contribution in [2.45, 2.75) is 38.5 Å². The van der Waals surface area contributed by atoms with Gasteiger partial charge in [-0.25, -0.2) is 0 Å². The molecule has 0 spiro atoms. The van der Waals surface area contributed by atoms with Crippen molar-refractivity contribution in [1.29, 1.82) is 10.5 Å². The van der Waals surface area contributed by atoms with E-state index in [9.17, 15) is 29.7 Å². The van der Waals surface area contributed by atoms with Gasteiger partial charge in [0.25, 0.3) is 0 Å². The second-order valence-corrected chi connectivity index (χ2v) is 17.4. The summed E-state index contributed by atoms with van der Waals surface area (Å²) in [5, 5.41) is 18.9. The van der Waals surface area contributed by atoms with Crippen molar-refractivity contribution >= 4 is 80.7 Å². The van der Waals surface area contributed by atoms with Crippen LogP contribution in [0.2, 0.25) is 0 Å². The van der Waals surface area contributed by atoms with E-state index in [1.54, 1.807) is 23.5 Å². The number of thiophene rings is 3. The normalized spacial score (nSPS) is 16.2. The number of Topliss-reactive ketones (excluding diaryl/α,β-unsaturated/α-hetero) is 4. The Balaban J connectivity index is 1.09. The van der Waals surface area contributed by atoms with Crippen LogP contribution < -0.4 is 0 Å². The Kier molecular flexibility index (Phi) is 6.52. The molecule has 0 atom stereocenters. The van der Waals surface area contributed by atoms with Crippen LogP contribution in [0, 0.1) is 35.8 Å². The lowest BCUT2D eigenvalue weighted by atomic mass is 9.74. The third-order valence-corrected chi connectivity index (χ3v) is 14.4. The fourth-order valence-corrected chi connectivity index (χ4v) is 12.5. The number of allylic oxidation sites excluding steroid dienone is 2. The van der Waals surface area contributed by atoms with Gasteiger partial charge in [0, 0.05) is 62.3 Å². The zero-order chi connectivity index (χ0) is 37.5. The molecule has 3 heterocycles. The molecular formula is C42H20N4O4S3. The van der Waals surface area contributed by atoms with Crippen LogP contribution in [0.15, 0.2) is 47.5 Å². The molecule has 53 heavy (non-hydrogen) atoms. The van der Waals surface area contributed by atoms with Gasteiger partial charge in [-0.2, -0.15) is 10.5 Å². The van der Waals surface area contributed by atoms with Gasteiger partial charge in [-0.1, -0.05) is 39.8 Å². The van der Waals surface area contributed by atoms with Gasteiger partial charge in [0.2, 0.25) is 0 Å². The van der Waals surface area contributed by atoms with Gasteiger partial charge < -0.3 is 0 Å². The maximum Gasteiger partial charge on any atom is 0.197 e. The molecule has 0 fully saturated rings. The van der Waals surface area contributed by atoms with Crippen LogP contribution in [-0.4, -0.2) is 23.1 Å². The van der Waals surface area contributed by atoms with Crippen LogP contribution in [0.3, 0.4) is 0 Å². The van der Waals surface area contributed by atoms with E-state index in [1.807, 2.05) is 12.1 Å². The Hall–Kier alpha value is -6.34. The summed E-state index contributed by atoms with van der Waals surface area (Å²) in [7, 11) is 0. The van der Waals surface area contributed by atoms with Crippen molar-refractivity contribution in [3.05, 3.63) is 136 Å². The van der Waals surface area contributed by atoms with E-state index in [2.05, 4.69) is 49.5 Å². The van der Waals surface area contributed by atoms with Gasteiger partial charge >= 0.3 is 0 Å². The fraction of sp³-hybridized carbons (Fsp3) is 0.143. The van der Waals surface area contributed by atoms with E-state index in [1.165, 1.54) is 58.1 Å². The second-order valence-electron chi connectivity index (χ2n) is 14.3. The first-order valence-electron chi connectivity index (χ1n) is 16.3. The average Bonchev–Trinajstić information content (AvgIpc) is 3.99. The van der Waals surface area contributed by atoms with Crippen LogP contribution in [0.1, 0.15) is 112 Å². The van der Waals surface area contributed by atoms with Crippen LogP contribution in [0.4, 0.5) is 11.4 Å². The number of hydrogen-bond acceptors (Lipinski definition) is 9. The summed E-state index contributed by atoms with van der Waals surface area (Å²) in [6.07, 6.45) is 3.26. The number of nitrogens with zero attached hydrogens (tertiary/aromatic N) is 4. The predicted molar refractivity (Wildman–Crippen MR) is 203 cm³/mol. The van der Waals surface area contributed by atoms with Gasteiger partial charge in [0.1, 0.15) is 12.1 Å². The van der Waals surface area contributed by atoms with E-state index in [0.29, 0.717) is 0 Å². The summed E-state index contributed by atoms with van der Waals surface area (Å²) in [5.41, 5.74) is 4.81. The Morgan fingerprint density at radius 3 is 1.26 bits per heavy atom. The summed E-state index contributed by atoms with van der Waals surface area (Å²) in [6.45, 7) is 23.5. The third-order valence-electron chi connectivity index (χ3n) is 10.7. The highest BCUT2D eigenvalue weighted by atomic mass is 32.1. The molecule has 8 nitrogen and oxygen atoms in total. The minimum Gasteiger partial charge on any atom is -0.288 e. The Morgan fingerprint density at radius 2 is 0.925 bits per heavy atom. The quantitative estimate of drug-likeness (QED) is 0.101. The number of nitriles is 2. The summed E-state index contributed by atoms with van der Waals surface area (Å²) in [4.78, 5) is 66.3. The number of carbonyl (C=O) groups is 4. The standard InChI is InChI=1S/C42H20N4O4S3/c1-41(2)27-11-19(9-25-33(47)21-7-17(15-43)18(16-44)8-22(21)34(25)48)51-37(27)39-31(41)32-40(53-39)38-28(42(32,3)4)12-20(52-38)10-26-35(49)23-13-29(45-5)30(46-6)14-24(23)36(26)50/h7-14H,1-4H3. The molecule has 0 bridgehead atoms. The molecule has 0 N–H and O–H groups in total. The molecule has 0 radical (unpaired) electrons. The number of hydrogen-bond donors (Lipinski definition) is 0. The summed E-state index contributed by atoms with van der Waals surface area (Å²) in [5.74, 6) is -1.81. The Bertz CT molecular complexity index is 2660. The molecule has 0 amide bonds. The fourth-order valence-electron chi connectivity index (χ4n) is 8.07. The first kappa shape index (κ1) is 32.6. The van der Waals surface area contributed by atoms with Crippen molar-refractivity contribution in [3.63, 3.8) is 0 Å². The minimum absolute atomic E-state index is 0.0117. The molecular weight excluding hydrogens is 721 g/mol. The number of benzene rings is 2. The summed E-state index contributed by atoms with van der Waals surface area (Å²) in [6, 6.07) is 13.3. The lowest BCUT2D eigenvalue weighted by Crippen LogP contribution is -2.23. The van der Waals surface area contributed by atoms with E-state index in [0.717, 1.165) is 40.4 Å². The van der Waals surface area contributed by atoms with E-state index < -0.39 is 23.1 Å². The number of carbonyl (C=O) groups excluding carboxylic acids is 4. The molecule has 0 saturated carbocycles. The van der Waals surface area contributed by atoms with E-state index in [-0.39, 0.29) is 66.7 Å². The molecule has 5 aromatic rings. The van der Waals surface area contributed by atoms with Gasteiger partial charge in [-0.15, -0.1) is 34.0 Å². The summed E-state index contributed by atoms with van der Waals surface area (Å²) < 4.78 is 0. The third kappa shape index (κ3) is 4.10. The monoisotopic (exact) mass is 740 g/mol. The average molecular weight is 741 g/mol. The second kappa shape index (κ2) is 10.6. The Labute approximate surface area is 314 Å². The maximum atomic E-state index is 13.4. The van der Waals surface area contributed by atoms with Crippen LogP contribution in [0.25, 0.3) is 41.4 Å². The lowest BCUT2D eigenvalue weighted by molar-refractivity contribution is 0.0975. The molecule has 0 aliphatic heterocycles. The van der Waals surface area contributed by atoms with Gasteiger partial charge in [-0.05, 0) is 58.7 Å². The van der Waals surface area contributed by atoms with Crippen LogP contribution in [0.5, 0.6) is 0 Å². The first-order valence-corrected chi connectivity index (χ1v) is 18.7. The van der Waals surface area contributed by atoms with Crippen molar-refractivity contribution in [3.8, 4) is 31.6 Å². The molecule has 3 aromatic heterocycles. The molecule has 0 saturated heterocycles. The smallest absolute Gasteiger partial charge is 0.197 e. The number of rotatable bonds is 2. The SMILES string of the molecule is [C-]#[N+]c1cc2c(cc1[N+]#[C-])C(=O)C(=Cc1cc3c(s1)-c1sc4c(c1C3(C)C)C(C)(C)c1cc(C=C3C(=O)c5cc(C#N)c(C#N)cc5C3=O)sc1-4)C2=O. The van der Waals surface area contributed by atoms with E-state index >= 15 is 0 Å². The largest absolute Gasteiger partial charge is 0.288 e. The van der Waals surface area contributed by atoms with Gasteiger partial charge in [0.05, 0.1) is 35.4 Å². The Morgan fingerprint density at radius 1 is 0.566 bits per heavy atom. The maximum absolute atomic E-state index is 13.4. The van der Waals surface area contributed by atoms with Gasteiger partial charge in [0.15, 0.2) is 34.5 Å². The number of ketones is 4. The van der Waals surface area contributed by atoms with Crippen LogP contribution in [-0.2, 0) is 10.8 Å². The molecule has 9 rings (SSSR count). The zero-order valence-corrected chi connectivity index (χ0v) is 30.7. The molecule has 250 valence electrons. The van der Waals surface area contributed by atoms with Crippen molar-refractivity contribution < 1.29 is 19.2 Å². The lowest BCUT2D eigenvalue weighted by Gasteiger charge is -2.28. The molecule has 0 unspecified atom stereocenters. The topological polar surface area (TPSA) is 125 Å². The number of fused-ring (bicyclic) bond motifs is 9. The molecule has 4 aliphatic rings. The molecule has 11 heteroatoms. The highest BCUT2D eigenvalue weighted by molar-refractivity contribution is 7.27. The molecule has 2 aromatic carbocycles. The van der Waals surface area contributed by atoms with Gasteiger partial charge in [-0.3, -0.25) is 28.9 Å². The highest BCUT2D eigenvalue weighted by Crippen LogP contribution is 2.66. The highest BCUT2D eigenvalue weighted by Gasteiger charge is 2.50. The zero-order valence-electron chi connectivity index (χ0n) is 28.3. The van der Waals surface area contributed by atoms with Crippen molar-refractivity contribution in [2.75, 3.05) is 0 Å². The molecule has 4 aliphatic carbocycles. The minimum atomic E-state index is -0.460. The first-order chi connectivity index (χ1) is 25.2. The van der Waals surface area contributed by atoms with Crippen molar-refractivity contribution in [1.82, 2.24) is 0 Å². The van der Waals surface area contributed by atoms with Crippen LogP contribution >= 0.6 is 34.0 Å². The summed E-state index contributed by atoms with van der Waals surface area (Å²) >= 11 is 4.76.